The number of hydrogen-bond acceptors (Lipinski definition) is 2. The third kappa shape index (κ3) is 3.76. The zero-order valence-electron chi connectivity index (χ0n) is 10.9. The average Bonchev–Trinajstić information content (AvgIpc) is 2.12. The second kappa shape index (κ2) is 5.31. The predicted octanol–water partition coefficient (Wildman–Crippen LogP) is 2.48. The zero-order chi connectivity index (χ0) is 11.5. The van der Waals surface area contributed by atoms with E-state index in [0.29, 0.717) is 5.41 Å². The fourth-order valence-electron chi connectivity index (χ4n) is 3.09. The molecule has 2 unspecified atom stereocenters. The molecular formula is C13H28N2. The van der Waals surface area contributed by atoms with Crippen LogP contribution >= 0.6 is 0 Å². The van der Waals surface area contributed by atoms with Crippen LogP contribution in [0.2, 0.25) is 0 Å². The predicted molar refractivity (Wildman–Crippen MR) is 66.9 cm³/mol. The van der Waals surface area contributed by atoms with Gasteiger partial charge in [0.05, 0.1) is 0 Å². The molecule has 0 bridgehead atoms. The van der Waals surface area contributed by atoms with Gasteiger partial charge in [-0.2, -0.15) is 0 Å². The normalized spacial score (nSPS) is 30.8. The van der Waals surface area contributed by atoms with E-state index in [1.54, 1.807) is 0 Å². The molecule has 0 heterocycles. The SMILES string of the molecule is CC1CC(C)(C)CCC1N(C)CCCN. The molecule has 1 saturated carbocycles. The van der Waals surface area contributed by atoms with Crippen molar-refractivity contribution < 1.29 is 0 Å². The molecule has 1 rings (SSSR count). The highest BCUT2D eigenvalue weighted by molar-refractivity contribution is 4.87. The lowest BCUT2D eigenvalue weighted by atomic mass is 9.70. The van der Waals surface area contributed by atoms with Gasteiger partial charge in [0.25, 0.3) is 0 Å². The van der Waals surface area contributed by atoms with Crippen molar-refractivity contribution in [1.82, 2.24) is 4.90 Å². The van der Waals surface area contributed by atoms with E-state index in [2.05, 4.69) is 32.7 Å². The molecule has 0 aliphatic heterocycles. The van der Waals surface area contributed by atoms with E-state index in [9.17, 15) is 0 Å². The van der Waals surface area contributed by atoms with Crippen molar-refractivity contribution in [3.63, 3.8) is 0 Å². The van der Waals surface area contributed by atoms with Crippen LogP contribution in [0, 0.1) is 11.3 Å². The van der Waals surface area contributed by atoms with Crippen LogP contribution in [0.15, 0.2) is 0 Å². The maximum atomic E-state index is 5.56. The van der Waals surface area contributed by atoms with Gasteiger partial charge in [0.1, 0.15) is 0 Å². The van der Waals surface area contributed by atoms with E-state index in [1.807, 2.05) is 0 Å². The molecule has 2 heteroatoms. The number of nitrogens with zero attached hydrogens (tertiary/aromatic N) is 1. The van der Waals surface area contributed by atoms with Crippen molar-refractivity contribution in [1.29, 1.82) is 0 Å². The van der Waals surface area contributed by atoms with Gasteiger partial charge in [-0.05, 0) is 57.2 Å². The van der Waals surface area contributed by atoms with Gasteiger partial charge in [-0.3, -0.25) is 0 Å². The summed E-state index contributed by atoms with van der Waals surface area (Å²) in [6.45, 7) is 9.19. The minimum Gasteiger partial charge on any atom is -0.330 e. The summed E-state index contributed by atoms with van der Waals surface area (Å²) in [6.07, 6.45) is 5.22. The van der Waals surface area contributed by atoms with E-state index >= 15 is 0 Å². The van der Waals surface area contributed by atoms with Crippen LogP contribution in [-0.2, 0) is 0 Å². The van der Waals surface area contributed by atoms with Crippen LogP contribution in [0.5, 0.6) is 0 Å². The third-order valence-electron chi connectivity index (χ3n) is 3.93. The highest BCUT2D eigenvalue weighted by atomic mass is 15.1. The highest BCUT2D eigenvalue weighted by Gasteiger charge is 2.33. The topological polar surface area (TPSA) is 29.3 Å². The van der Waals surface area contributed by atoms with Crippen molar-refractivity contribution in [3.05, 3.63) is 0 Å². The Bertz CT molecular complexity index is 189. The summed E-state index contributed by atoms with van der Waals surface area (Å²) in [5, 5.41) is 0. The summed E-state index contributed by atoms with van der Waals surface area (Å²) >= 11 is 0. The Morgan fingerprint density at radius 2 is 2.07 bits per heavy atom. The molecule has 0 saturated heterocycles. The van der Waals surface area contributed by atoms with Crippen molar-refractivity contribution >= 4 is 0 Å². The standard InChI is InChI=1S/C13H28N2/c1-11-10-13(2,3)7-6-12(11)15(4)9-5-8-14/h11-12H,5-10,14H2,1-4H3. The Morgan fingerprint density at radius 1 is 1.40 bits per heavy atom. The Kier molecular flexibility index (Phi) is 4.60. The van der Waals surface area contributed by atoms with E-state index in [1.165, 1.54) is 19.3 Å². The van der Waals surface area contributed by atoms with Crippen LogP contribution in [0.3, 0.4) is 0 Å². The maximum Gasteiger partial charge on any atom is 0.0118 e. The number of nitrogens with two attached hydrogens (primary N) is 1. The molecule has 15 heavy (non-hydrogen) atoms. The molecular weight excluding hydrogens is 184 g/mol. The summed E-state index contributed by atoms with van der Waals surface area (Å²) in [5.41, 5.74) is 6.12. The molecule has 1 aliphatic rings. The van der Waals surface area contributed by atoms with Gasteiger partial charge in [0, 0.05) is 6.04 Å². The summed E-state index contributed by atoms with van der Waals surface area (Å²) < 4.78 is 0. The molecule has 2 nitrogen and oxygen atoms in total. The second-order valence-corrected chi connectivity index (χ2v) is 6.07. The summed E-state index contributed by atoms with van der Waals surface area (Å²) in [7, 11) is 2.26. The largest absolute Gasteiger partial charge is 0.330 e. The first-order valence-corrected chi connectivity index (χ1v) is 6.36. The second-order valence-electron chi connectivity index (χ2n) is 6.07. The van der Waals surface area contributed by atoms with Gasteiger partial charge in [0.2, 0.25) is 0 Å². The summed E-state index contributed by atoms with van der Waals surface area (Å²) in [4.78, 5) is 2.52. The first-order valence-electron chi connectivity index (χ1n) is 6.36. The van der Waals surface area contributed by atoms with Crippen molar-refractivity contribution in [2.24, 2.45) is 17.1 Å². The molecule has 2 atom stereocenters. The first kappa shape index (κ1) is 13.0. The molecule has 0 radical (unpaired) electrons. The van der Waals surface area contributed by atoms with Crippen LogP contribution < -0.4 is 5.73 Å². The first-order chi connectivity index (χ1) is 6.96. The fourth-order valence-corrected chi connectivity index (χ4v) is 3.09. The molecule has 0 aromatic rings. The summed E-state index contributed by atoms with van der Waals surface area (Å²) in [6, 6.07) is 0.782. The molecule has 1 aliphatic carbocycles. The molecule has 90 valence electrons. The average molecular weight is 212 g/mol. The monoisotopic (exact) mass is 212 g/mol. The third-order valence-corrected chi connectivity index (χ3v) is 3.93. The number of hydrogen-bond donors (Lipinski definition) is 1. The Labute approximate surface area is 95.2 Å². The van der Waals surface area contributed by atoms with Crippen LogP contribution in [-0.4, -0.2) is 31.1 Å². The molecule has 0 aromatic heterocycles. The summed E-state index contributed by atoms with van der Waals surface area (Å²) in [5.74, 6) is 0.830. The Morgan fingerprint density at radius 3 is 2.60 bits per heavy atom. The maximum absolute atomic E-state index is 5.56. The van der Waals surface area contributed by atoms with Crippen LogP contribution in [0.25, 0.3) is 0 Å². The van der Waals surface area contributed by atoms with E-state index in [-0.39, 0.29) is 0 Å². The Hall–Kier alpha value is -0.0800. The van der Waals surface area contributed by atoms with Gasteiger partial charge >= 0.3 is 0 Å². The molecule has 2 N–H and O–H groups in total. The Balaban J connectivity index is 2.43. The van der Waals surface area contributed by atoms with Crippen LogP contribution in [0.4, 0.5) is 0 Å². The minimum atomic E-state index is 0.560. The highest BCUT2D eigenvalue weighted by Crippen LogP contribution is 2.39. The van der Waals surface area contributed by atoms with Crippen molar-refractivity contribution in [3.8, 4) is 0 Å². The van der Waals surface area contributed by atoms with Gasteiger partial charge in [-0.25, -0.2) is 0 Å². The van der Waals surface area contributed by atoms with Gasteiger partial charge in [0.15, 0.2) is 0 Å². The zero-order valence-corrected chi connectivity index (χ0v) is 10.9. The number of rotatable bonds is 4. The lowest BCUT2D eigenvalue weighted by Gasteiger charge is -2.43. The van der Waals surface area contributed by atoms with Gasteiger partial charge in [-0.1, -0.05) is 20.8 Å². The van der Waals surface area contributed by atoms with E-state index in [0.717, 1.165) is 31.5 Å². The van der Waals surface area contributed by atoms with Gasteiger partial charge < -0.3 is 10.6 Å². The van der Waals surface area contributed by atoms with Crippen molar-refractivity contribution in [2.75, 3.05) is 20.1 Å². The van der Waals surface area contributed by atoms with Crippen LogP contribution in [0.1, 0.15) is 46.5 Å². The van der Waals surface area contributed by atoms with Crippen molar-refractivity contribution in [2.45, 2.75) is 52.5 Å². The lowest BCUT2D eigenvalue weighted by molar-refractivity contribution is 0.0764. The van der Waals surface area contributed by atoms with E-state index < -0.39 is 0 Å². The smallest absolute Gasteiger partial charge is 0.0118 e. The fraction of sp³-hybridized carbons (Fsp3) is 1.00. The van der Waals surface area contributed by atoms with Gasteiger partial charge in [-0.15, -0.1) is 0 Å². The molecule has 0 amide bonds. The quantitative estimate of drug-likeness (QED) is 0.776. The molecule has 0 aromatic carbocycles. The van der Waals surface area contributed by atoms with E-state index in [4.69, 9.17) is 5.73 Å². The minimum absolute atomic E-state index is 0.560. The molecule has 0 spiro atoms. The lowest BCUT2D eigenvalue weighted by Crippen LogP contribution is -2.43. The molecule has 1 fully saturated rings.